The van der Waals surface area contributed by atoms with Crippen LogP contribution in [0.3, 0.4) is 0 Å². The Hall–Kier alpha value is -5.86. The molecule has 6 aromatic rings. The van der Waals surface area contributed by atoms with Crippen molar-refractivity contribution in [3.8, 4) is 11.4 Å². The zero-order valence-corrected chi connectivity index (χ0v) is 29.7. The van der Waals surface area contributed by atoms with E-state index in [4.69, 9.17) is 9.97 Å². The van der Waals surface area contributed by atoms with Crippen LogP contribution in [0.25, 0.3) is 33.3 Å². The zero-order valence-electron chi connectivity index (χ0n) is 29.7. The Morgan fingerprint density at radius 1 is 0.660 bits per heavy atom. The van der Waals surface area contributed by atoms with Crippen molar-refractivity contribution in [3.05, 3.63) is 215 Å². The van der Waals surface area contributed by atoms with Gasteiger partial charge in [0.15, 0.2) is 5.82 Å². The molecule has 0 amide bonds. The van der Waals surface area contributed by atoms with Crippen LogP contribution in [0, 0.1) is 5.92 Å². The topological polar surface area (TPSA) is 25.8 Å². The molecule has 5 atom stereocenters. The fourth-order valence-electron chi connectivity index (χ4n) is 10.5. The van der Waals surface area contributed by atoms with E-state index in [9.17, 15) is 0 Å². The monoisotopic (exact) mass is 680 g/mol. The van der Waals surface area contributed by atoms with Crippen LogP contribution in [0.5, 0.6) is 0 Å². The maximum absolute atomic E-state index is 5.49. The Kier molecular flexibility index (Phi) is 7.02. The standard InChI is InChI=1S/C51H40N2/c1-2-12-33(13-3-1)35-22-25-36(26-23-35)48-32-49(53-50(52-48)39-27-24-34-14-4-5-15-37(34)30-39)38-28-29-43-42-18-8-11-21-46(42)51(47(43)31-38)44-19-9-6-16-40(44)41-17-7-10-20-45(41)51/h1-22,24-27,30,32,35,38,40,44H,23,28-29,31H2. The molecule has 0 saturated carbocycles. The van der Waals surface area contributed by atoms with E-state index in [-0.39, 0.29) is 5.41 Å². The van der Waals surface area contributed by atoms with Gasteiger partial charge >= 0.3 is 0 Å². The van der Waals surface area contributed by atoms with Crippen molar-refractivity contribution in [2.45, 2.75) is 48.9 Å². The minimum absolute atomic E-state index is 0.161. The highest BCUT2D eigenvalue weighted by molar-refractivity contribution is 5.88. The second-order valence-electron chi connectivity index (χ2n) is 15.5. The number of aromatic nitrogens is 2. The van der Waals surface area contributed by atoms with E-state index >= 15 is 0 Å². The van der Waals surface area contributed by atoms with Gasteiger partial charge in [-0.3, -0.25) is 0 Å². The fourth-order valence-corrected chi connectivity index (χ4v) is 10.5. The quantitative estimate of drug-likeness (QED) is 0.185. The van der Waals surface area contributed by atoms with Crippen molar-refractivity contribution < 1.29 is 0 Å². The average molecular weight is 681 g/mol. The molecule has 11 rings (SSSR count). The molecular formula is C51H40N2. The van der Waals surface area contributed by atoms with Gasteiger partial charge in [0.2, 0.25) is 0 Å². The lowest BCUT2D eigenvalue weighted by Crippen LogP contribution is -2.35. The van der Waals surface area contributed by atoms with Gasteiger partial charge in [0.05, 0.1) is 5.69 Å². The molecule has 5 aliphatic carbocycles. The van der Waals surface area contributed by atoms with Crippen LogP contribution in [-0.4, -0.2) is 9.97 Å². The van der Waals surface area contributed by atoms with Gasteiger partial charge in [-0.25, -0.2) is 9.97 Å². The molecule has 53 heavy (non-hydrogen) atoms. The Bertz CT molecular complexity index is 2600. The van der Waals surface area contributed by atoms with Crippen LogP contribution < -0.4 is 0 Å². The summed E-state index contributed by atoms with van der Waals surface area (Å²) in [5.41, 5.74) is 14.8. The first-order chi connectivity index (χ1) is 26.3. The Balaban J connectivity index is 1.03. The third-order valence-corrected chi connectivity index (χ3v) is 12.9. The number of fused-ring (bicyclic) bond motifs is 10. The molecule has 0 saturated heterocycles. The van der Waals surface area contributed by atoms with Gasteiger partial charge < -0.3 is 0 Å². The molecule has 1 spiro atoms. The summed E-state index contributed by atoms with van der Waals surface area (Å²) in [6.07, 6.45) is 20.6. The van der Waals surface area contributed by atoms with Gasteiger partial charge in [-0.15, -0.1) is 0 Å². The second-order valence-corrected chi connectivity index (χ2v) is 15.5. The molecule has 5 aliphatic rings. The summed E-state index contributed by atoms with van der Waals surface area (Å²) in [6, 6.07) is 47.0. The first-order valence-electron chi connectivity index (χ1n) is 19.3. The minimum Gasteiger partial charge on any atom is -0.233 e. The summed E-state index contributed by atoms with van der Waals surface area (Å²) in [5, 5.41) is 2.45. The number of rotatable bonds is 4. The van der Waals surface area contributed by atoms with E-state index in [1.165, 1.54) is 44.2 Å². The predicted molar refractivity (Wildman–Crippen MR) is 218 cm³/mol. The highest BCUT2D eigenvalue weighted by Crippen LogP contribution is 2.67. The minimum atomic E-state index is -0.161. The van der Waals surface area contributed by atoms with Crippen LogP contribution >= 0.6 is 0 Å². The molecule has 0 N–H and O–H groups in total. The van der Waals surface area contributed by atoms with Crippen molar-refractivity contribution in [2.75, 3.05) is 0 Å². The van der Waals surface area contributed by atoms with Crippen molar-refractivity contribution in [1.29, 1.82) is 0 Å². The van der Waals surface area contributed by atoms with Gasteiger partial charge in [0.1, 0.15) is 0 Å². The highest BCUT2D eigenvalue weighted by Gasteiger charge is 2.58. The number of hydrogen-bond acceptors (Lipinski definition) is 2. The lowest BCUT2D eigenvalue weighted by atomic mass is 9.62. The van der Waals surface area contributed by atoms with Gasteiger partial charge in [-0.2, -0.15) is 0 Å². The molecule has 5 aromatic carbocycles. The van der Waals surface area contributed by atoms with Gasteiger partial charge in [-0.05, 0) is 87.6 Å². The van der Waals surface area contributed by atoms with E-state index in [0.29, 0.717) is 23.7 Å². The number of hydrogen-bond donors (Lipinski definition) is 0. The maximum Gasteiger partial charge on any atom is 0.160 e. The summed E-state index contributed by atoms with van der Waals surface area (Å²) in [7, 11) is 0. The summed E-state index contributed by atoms with van der Waals surface area (Å²) < 4.78 is 0. The smallest absolute Gasteiger partial charge is 0.160 e. The Labute approximate surface area is 311 Å². The van der Waals surface area contributed by atoms with Crippen LogP contribution in [0.4, 0.5) is 0 Å². The maximum atomic E-state index is 5.49. The molecule has 1 aromatic heterocycles. The molecule has 2 nitrogen and oxygen atoms in total. The van der Waals surface area contributed by atoms with Crippen LogP contribution in [0.2, 0.25) is 0 Å². The normalized spacial score (nSPS) is 24.9. The molecular weight excluding hydrogens is 641 g/mol. The summed E-state index contributed by atoms with van der Waals surface area (Å²) in [6.45, 7) is 0. The predicted octanol–water partition coefficient (Wildman–Crippen LogP) is 12.3. The largest absolute Gasteiger partial charge is 0.233 e. The lowest BCUT2D eigenvalue weighted by molar-refractivity contribution is 0.425. The van der Waals surface area contributed by atoms with E-state index in [1.54, 1.807) is 11.1 Å². The molecule has 0 radical (unpaired) electrons. The Morgan fingerprint density at radius 3 is 2.34 bits per heavy atom. The number of benzene rings is 5. The third-order valence-electron chi connectivity index (χ3n) is 12.9. The highest BCUT2D eigenvalue weighted by atomic mass is 14.9. The zero-order chi connectivity index (χ0) is 34.9. The SMILES string of the molecule is C1=CC2c3ccccc3C3(C4=C(CCC(c5cc(C6=CCC(c7ccccc7)C=C6)nc(-c6ccc7ccccc7c6)n5)C4)c4ccccc43)C2C=C1. The van der Waals surface area contributed by atoms with Crippen LogP contribution in [0.1, 0.15) is 82.6 Å². The van der Waals surface area contributed by atoms with Crippen molar-refractivity contribution in [3.63, 3.8) is 0 Å². The molecule has 0 bridgehead atoms. The molecule has 0 fully saturated rings. The summed E-state index contributed by atoms with van der Waals surface area (Å²) in [4.78, 5) is 10.8. The molecule has 1 heterocycles. The first kappa shape index (κ1) is 30.7. The van der Waals surface area contributed by atoms with Crippen molar-refractivity contribution >= 4 is 21.9 Å². The number of nitrogens with zero attached hydrogens (tertiary/aromatic N) is 2. The van der Waals surface area contributed by atoms with E-state index in [2.05, 4.69) is 170 Å². The molecule has 2 heteroatoms. The van der Waals surface area contributed by atoms with E-state index in [1.807, 2.05) is 0 Å². The van der Waals surface area contributed by atoms with E-state index < -0.39 is 0 Å². The van der Waals surface area contributed by atoms with Gasteiger partial charge in [0, 0.05) is 40.3 Å². The van der Waals surface area contributed by atoms with Crippen molar-refractivity contribution in [2.24, 2.45) is 5.92 Å². The first-order valence-corrected chi connectivity index (χ1v) is 19.3. The average Bonchev–Trinajstić information content (AvgIpc) is 3.71. The number of allylic oxidation sites excluding steroid dienone is 10. The Morgan fingerprint density at radius 2 is 1.45 bits per heavy atom. The van der Waals surface area contributed by atoms with Crippen molar-refractivity contribution in [1.82, 2.24) is 9.97 Å². The van der Waals surface area contributed by atoms with Crippen LogP contribution in [0.15, 0.2) is 175 Å². The lowest BCUT2D eigenvalue weighted by Gasteiger charge is -2.40. The summed E-state index contributed by atoms with van der Waals surface area (Å²) >= 11 is 0. The van der Waals surface area contributed by atoms with E-state index in [0.717, 1.165) is 48.5 Å². The molecule has 0 aliphatic heterocycles. The molecule has 254 valence electrons. The summed E-state index contributed by atoms with van der Waals surface area (Å²) in [5.74, 6) is 2.24. The van der Waals surface area contributed by atoms with Gasteiger partial charge in [0.25, 0.3) is 0 Å². The van der Waals surface area contributed by atoms with Crippen LogP contribution in [-0.2, 0) is 5.41 Å². The fraction of sp³-hybridized carbons (Fsp3) is 0.176. The van der Waals surface area contributed by atoms with Gasteiger partial charge in [-0.1, -0.05) is 163 Å². The second kappa shape index (κ2) is 12.1. The molecule has 5 unspecified atom stereocenters. The third kappa shape index (κ3) is 4.71.